The molecule has 1 aromatic heterocycles. The van der Waals surface area contributed by atoms with E-state index in [2.05, 4.69) is 20.6 Å². The molecule has 0 bridgehead atoms. The second-order valence-electron chi connectivity index (χ2n) is 8.49. The van der Waals surface area contributed by atoms with Gasteiger partial charge in [-0.3, -0.25) is 9.59 Å². The first-order valence-corrected chi connectivity index (χ1v) is 12.0. The van der Waals surface area contributed by atoms with E-state index in [9.17, 15) is 18.4 Å². The largest absolute Gasteiger partial charge is 0.488 e. The van der Waals surface area contributed by atoms with E-state index in [1.165, 1.54) is 30.6 Å². The third-order valence-corrected chi connectivity index (χ3v) is 5.88. The van der Waals surface area contributed by atoms with Crippen molar-refractivity contribution in [3.8, 4) is 17.0 Å². The second-order valence-corrected chi connectivity index (χ2v) is 8.49. The molecule has 1 aliphatic carbocycles. The van der Waals surface area contributed by atoms with E-state index < -0.39 is 17.5 Å². The molecule has 4 N–H and O–H groups in total. The minimum Gasteiger partial charge on any atom is -0.488 e. The molecular formula is C27H31F2N5O3. The van der Waals surface area contributed by atoms with Crippen LogP contribution in [-0.4, -0.2) is 35.4 Å². The molecule has 0 unspecified atom stereocenters. The molecule has 0 spiro atoms. The Balaban J connectivity index is 0.000000568. The number of halogens is 2. The van der Waals surface area contributed by atoms with Crippen molar-refractivity contribution in [1.82, 2.24) is 15.3 Å². The summed E-state index contributed by atoms with van der Waals surface area (Å²) >= 11 is 0. The van der Waals surface area contributed by atoms with E-state index >= 15 is 0 Å². The van der Waals surface area contributed by atoms with E-state index in [-0.39, 0.29) is 28.7 Å². The average Bonchev–Trinajstić information content (AvgIpc) is 3.73. The summed E-state index contributed by atoms with van der Waals surface area (Å²) in [6, 6.07) is 7.08. The minimum absolute atomic E-state index is 0.0926. The van der Waals surface area contributed by atoms with Gasteiger partial charge in [0, 0.05) is 24.7 Å². The summed E-state index contributed by atoms with van der Waals surface area (Å²) in [5.74, 6) is -1.03. The van der Waals surface area contributed by atoms with Gasteiger partial charge in [0.25, 0.3) is 5.91 Å². The zero-order valence-electron chi connectivity index (χ0n) is 21.3. The fraction of sp³-hybridized carbons (Fsp3) is 0.333. The van der Waals surface area contributed by atoms with Crippen LogP contribution in [0.3, 0.4) is 0 Å². The van der Waals surface area contributed by atoms with Crippen LogP contribution in [0.2, 0.25) is 0 Å². The molecule has 0 radical (unpaired) electrons. The van der Waals surface area contributed by atoms with Gasteiger partial charge in [-0.05, 0) is 68.0 Å². The van der Waals surface area contributed by atoms with Crippen molar-refractivity contribution in [2.45, 2.75) is 46.0 Å². The van der Waals surface area contributed by atoms with E-state index in [0.717, 1.165) is 18.4 Å². The van der Waals surface area contributed by atoms with E-state index in [1.54, 1.807) is 27.0 Å². The van der Waals surface area contributed by atoms with Crippen LogP contribution in [0.5, 0.6) is 5.75 Å². The van der Waals surface area contributed by atoms with Crippen LogP contribution in [0.4, 0.5) is 20.3 Å². The average molecular weight is 512 g/mol. The number of hydrogen-bond donors (Lipinski definition) is 3. The number of rotatable bonds is 7. The Bertz CT molecular complexity index is 1290. The van der Waals surface area contributed by atoms with Gasteiger partial charge in [0.1, 0.15) is 23.7 Å². The highest BCUT2D eigenvalue weighted by Gasteiger charge is 2.25. The molecule has 3 aromatic rings. The molecule has 37 heavy (non-hydrogen) atoms. The number of amides is 2. The van der Waals surface area contributed by atoms with Crippen molar-refractivity contribution in [2.24, 2.45) is 0 Å². The smallest absolute Gasteiger partial charge is 0.258 e. The summed E-state index contributed by atoms with van der Waals surface area (Å²) < 4.78 is 34.5. The molecule has 1 fully saturated rings. The number of anilines is 2. The van der Waals surface area contributed by atoms with Gasteiger partial charge in [-0.25, -0.2) is 18.7 Å². The number of hydrogen-bond acceptors (Lipinski definition) is 6. The van der Waals surface area contributed by atoms with Crippen LogP contribution in [0.15, 0.2) is 36.7 Å². The van der Waals surface area contributed by atoms with Crippen molar-refractivity contribution >= 4 is 23.3 Å². The number of carbonyl (C=O) groups excluding carboxylic acids is 2. The van der Waals surface area contributed by atoms with Crippen LogP contribution in [-0.2, 0) is 4.79 Å². The Morgan fingerprint density at radius 2 is 1.86 bits per heavy atom. The first-order chi connectivity index (χ1) is 17.7. The highest BCUT2D eigenvalue weighted by molar-refractivity contribution is 6.05. The second kappa shape index (κ2) is 12.2. The molecule has 1 heterocycles. The van der Waals surface area contributed by atoms with Crippen molar-refractivity contribution < 1.29 is 23.1 Å². The van der Waals surface area contributed by atoms with Crippen LogP contribution < -0.4 is 21.1 Å². The van der Waals surface area contributed by atoms with Crippen LogP contribution in [0, 0.1) is 18.6 Å². The number of aromatic nitrogens is 2. The molecule has 1 aliphatic rings. The van der Waals surface area contributed by atoms with Crippen LogP contribution >= 0.6 is 0 Å². The molecular weight excluding hydrogens is 480 g/mol. The van der Waals surface area contributed by atoms with E-state index in [1.807, 2.05) is 6.92 Å². The monoisotopic (exact) mass is 511 g/mol. The lowest BCUT2D eigenvalue weighted by Crippen LogP contribution is -2.15. The maximum atomic E-state index is 14.5. The molecule has 2 aromatic carbocycles. The topological polar surface area (TPSA) is 119 Å². The fourth-order valence-electron chi connectivity index (χ4n) is 3.67. The molecule has 8 nitrogen and oxygen atoms in total. The lowest BCUT2D eigenvalue weighted by Gasteiger charge is -2.16. The first kappa shape index (κ1) is 27.5. The molecule has 2 amide bonds. The van der Waals surface area contributed by atoms with Crippen molar-refractivity contribution in [2.75, 3.05) is 24.7 Å². The first-order valence-electron chi connectivity index (χ1n) is 12.0. The third-order valence-electron chi connectivity index (χ3n) is 5.88. The van der Waals surface area contributed by atoms with E-state index in [0.29, 0.717) is 35.8 Å². The van der Waals surface area contributed by atoms with Gasteiger partial charge in [-0.1, -0.05) is 13.0 Å². The molecule has 4 rings (SSSR count). The summed E-state index contributed by atoms with van der Waals surface area (Å²) in [5.41, 5.74) is 8.12. The Morgan fingerprint density at radius 1 is 1.14 bits per heavy atom. The molecule has 0 saturated heterocycles. The Labute approximate surface area is 214 Å². The van der Waals surface area contributed by atoms with Crippen LogP contribution in [0.1, 0.15) is 60.5 Å². The quantitative estimate of drug-likeness (QED) is 0.412. The van der Waals surface area contributed by atoms with Crippen molar-refractivity contribution in [3.05, 3.63) is 65.0 Å². The van der Waals surface area contributed by atoms with Gasteiger partial charge < -0.3 is 21.1 Å². The number of nitrogens with one attached hydrogen (secondary N) is 2. The van der Waals surface area contributed by atoms with Gasteiger partial charge in [0.05, 0.1) is 12.2 Å². The summed E-state index contributed by atoms with van der Waals surface area (Å²) in [4.78, 5) is 30.9. The summed E-state index contributed by atoms with van der Waals surface area (Å²) in [5, 5.41) is 5.09. The molecule has 0 aliphatic heterocycles. The fourth-order valence-corrected chi connectivity index (χ4v) is 3.67. The maximum absolute atomic E-state index is 14.5. The molecule has 196 valence electrons. The summed E-state index contributed by atoms with van der Waals surface area (Å²) in [6.45, 7) is 5.62. The number of nitrogen functional groups attached to an aromatic ring is 1. The lowest BCUT2D eigenvalue weighted by molar-refractivity contribution is -0.120. The maximum Gasteiger partial charge on any atom is 0.258 e. The standard InChI is InChI=1S/C23H22F2N4O2.C4H9NO/c1-3-31-21-20(27-11-28-22(21)26)17-9-15(24)10-19(12(17)2)29-23(30)16-7-6-14(8-18(16)25)13-4-5-13;1-3-4(6)5-2/h6-11,13H,3-5H2,1-2H3,(H,29,30)(H2,26,27,28);3H2,1-2H3,(H,5,6). The highest BCUT2D eigenvalue weighted by atomic mass is 19.1. The van der Waals surface area contributed by atoms with E-state index in [4.69, 9.17) is 10.5 Å². The van der Waals surface area contributed by atoms with Crippen LogP contribution in [0.25, 0.3) is 11.3 Å². The van der Waals surface area contributed by atoms with Gasteiger partial charge in [0.2, 0.25) is 5.91 Å². The zero-order chi connectivity index (χ0) is 27.1. The number of nitrogens with zero attached hydrogens (tertiary/aromatic N) is 2. The summed E-state index contributed by atoms with van der Waals surface area (Å²) in [6.07, 6.45) is 3.91. The number of carbonyl (C=O) groups is 2. The number of ether oxygens (including phenoxy) is 1. The zero-order valence-corrected chi connectivity index (χ0v) is 21.3. The Hall–Kier alpha value is -4.08. The Morgan fingerprint density at radius 3 is 2.43 bits per heavy atom. The molecule has 1 saturated carbocycles. The predicted octanol–water partition coefficient (Wildman–Crippen LogP) is 4.98. The Kier molecular flexibility index (Phi) is 9.10. The minimum atomic E-state index is -0.660. The molecule has 0 atom stereocenters. The highest BCUT2D eigenvalue weighted by Crippen LogP contribution is 2.40. The summed E-state index contributed by atoms with van der Waals surface area (Å²) in [7, 11) is 1.63. The normalized spacial score (nSPS) is 12.3. The number of benzene rings is 2. The third kappa shape index (κ3) is 6.78. The lowest BCUT2D eigenvalue weighted by atomic mass is 10.0. The van der Waals surface area contributed by atoms with Crippen molar-refractivity contribution in [3.63, 3.8) is 0 Å². The van der Waals surface area contributed by atoms with Gasteiger partial charge in [-0.2, -0.15) is 0 Å². The van der Waals surface area contributed by atoms with Gasteiger partial charge in [0.15, 0.2) is 11.6 Å². The van der Waals surface area contributed by atoms with Gasteiger partial charge >= 0.3 is 0 Å². The SMILES string of the molecule is CCC(=O)NC.CCOc1c(N)ncnc1-c1cc(F)cc(NC(=O)c2ccc(C3CC3)cc2F)c1C. The predicted molar refractivity (Wildman–Crippen MR) is 138 cm³/mol. The van der Waals surface area contributed by atoms with Gasteiger partial charge in [-0.15, -0.1) is 0 Å². The van der Waals surface area contributed by atoms with Crippen molar-refractivity contribution in [1.29, 1.82) is 0 Å². The number of nitrogens with two attached hydrogens (primary N) is 1. The molecule has 10 heteroatoms.